The van der Waals surface area contributed by atoms with Gasteiger partial charge in [0.2, 0.25) is 5.82 Å². The lowest BCUT2D eigenvalue weighted by molar-refractivity contribution is -0.159. The number of halogens is 6. The molecule has 2 rings (SSSR count). The van der Waals surface area contributed by atoms with Crippen LogP contribution in [-0.4, -0.2) is 22.1 Å². The van der Waals surface area contributed by atoms with Crippen molar-refractivity contribution in [3.05, 3.63) is 35.7 Å². The van der Waals surface area contributed by atoms with E-state index in [0.29, 0.717) is 5.56 Å². The standard InChI is InChI=1S/C14H10F6N2O2/c15-13(16,17)6-5-10(23)7-8-1-3-9(4-2-8)11-21-12(24-22-11)14(18,19)20/h1-4H,5-7H2. The number of rotatable bonds is 5. The van der Waals surface area contributed by atoms with Crippen LogP contribution in [0.2, 0.25) is 0 Å². The van der Waals surface area contributed by atoms with E-state index in [1.165, 1.54) is 24.3 Å². The molecule has 4 nitrogen and oxygen atoms in total. The molecule has 0 saturated heterocycles. The van der Waals surface area contributed by atoms with Gasteiger partial charge in [-0.1, -0.05) is 29.4 Å². The molecule has 1 aromatic carbocycles. The first-order valence-corrected chi connectivity index (χ1v) is 6.63. The number of carbonyl (C=O) groups excluding carboxylic acids is 1. The summed E-state index contributed by atoms with van der Waals surface area (Å²) in [5, 5.41) is 3.20. The van der Waals surface area contributed by atoms with Crippen molar-refractivity contribution < 1.29 is 35.7 Å². The summed E-state index contributed by atoms with van der Waals surface area (Å²) in [5.41, 5.74) is 0.659. The number of alkyl halides is 6. The van der Waals surface area contributed by atoms with Crippen LogP contribution >= 0.6 is 0 Å². The average Bonchev–Trinajstić information content (AvgIpc) is 2.95. The van der Waals surface area contributed by atoms with Crippen LogP contribution in [-0.2, 0) is 17.4 Å². The molecule has 0 atom stereocenters. The molecule has 0 spiro atoms. The van der Waals surface area contributed by atoms with Gasteiger partial charge in [0.25, 0.3) is 0 Å². The van der Waals surface area contributed by atoms with Crippen LogP contribution in [0.4, 0.5) is 26.3 Å². The average molecular weight is 352 g/mol. The maximum absolute atomic E-state index is 12.4. The molecule has 0 fully saturated rings. The molecule has 0 amide bonds. The predicted octanol–water partition coefficient (Wildman–Crippen LogP) is 4.21. The third kappa shape index (κ3) is 5.07. The highest BCUT2D eigenvalue weighted by Crippen LogP contribution is 2.29. The van der Waals surface area contributed by atoms with Crippen molar-refractivity contribution in [2.45, 2.75) is 31.6 Å². The third-order valence-corrected chi connectivity index (χ3v) is 2.97. The first-order valence-electron chi connectivity index (χ1n) is 6.63. The zero-order valence-electron chi connectivity index (χ0n) is 11.9. The Bertz CT molecular complexity index is 703. The van der Waals surface area contributed by atoms with Gasteiger partial charge >= 0.3 is 18.2 Å². The van der Waals surface area contributed by atoms with Crippen LogP contribution in [0.3, 0.4) is 0 Å². The second kappa shape index (κ2) is 6.62. The molecule has 130 valence electrons. The molecule has 0 radical (unpaired) electrons. The molecule has 10 heteroatoms. The molecule has 0 aliphatic heterocycles. The monoisotopic (exact) mass is 352 g/mol. The maximum Gasteiger partial charge on any atom is 0.471 e. The van der Waals surface area contributed by atoms with Gasteiger partial charge in [-0.05, 0) is 5.56 Å². The summed E-state index contributed by atoms with van der Waals surface area (Å²) in [5.74, 6) is -2.35. The Morgan fingerprint density at radius 2 is 1.67 bits per heavy atom. The highest BCUT2D eigenvalue weighted by Gasteiger charge is 2.38. The van der Waals surface area contributed by atoms with Gasteiger partial charge in [-0.25, -0.2) is 0 Å². The molecule has 2 aromatic rings. The second-order valence-corrected chi connectivity index (χ2v) is 4.95. The van der Waals surface area contributed by atoms with Crippen molar-refractivity contribution in [1.82, 2.24) is 10.1 Å². The lowest BCUT2D eigenvalue weighted by Gasteiger charge is -2.05. The van der Waals surface area contributed by atoms with E-state index in [9.17, 15) is 31.1 Å². The third-order valence-electron chi connectivity index (χ3n) is 2.97. The van der Waals surface area contributed by atoms with Crippen molar-refractivity contribution in [3.63, 3.8) is 0 Å². The summed E-state index contributed by atoms with van der Waals surface area (Å²) < 4.78 is 77.3. The Labute approximate surface area is 131 Å². The van der Waals surface area contributed by atoms with E-state index in [1.807, 2.05) is 0 Å². The number of benzene rings is 1. The van der Waals surface area contributed by atoms with Gasteiger partial charge in [0.15, 0.2) is 0 Å². The molecular formula is C14H10F6N2O2. The highest BCUT2D eigenvalue weighted by molar-refractivity contribution is 5.81. The first kappa shape index (κ1) is 18.0. The number of aromatic nitrogens is 2. The lowest BCUT2D eigenvalue weighted by atomic mass is 10.0. The van der Waals surface area contributed by atoms with Crippen LogP contribution in [0.5, 0.6) is 0 Å². The molecule has 0 aliphatic carbocycles. The van der Waals surface area contributed by atoms with Gasteiger partial charge < -0.3 is 4.52 Å². The highest BCUT2D eigenvalue weighted by atomic mass is 19.4. The van der Waals surface area contributed by atoms with Crippen LogP contribution in [0.15, 0.2) is 28.8 Å². The molecule has 1 heterocycles. The van der Waals surface area contributed by atoms with Gasteiger partial charge in [0, 0.05) is 18.4 Å². The second-order valence-electron chi connectivity index (χ2n) is 4.95. The fraction of sp³-hybridized carbons (Fsp3) is 0.357. The van der Waals surface area contributed by atoms with E-state index in [0.717, 1.165) is 0 Å². The lowest BCUT2D eigenvalue weighted by Crippen LogP contribution is -2.12. The molecule has 0 N–H and O–H groups in total. The summed E-state index contributed by atoms with van der Waals surface area (Å²) >= 11 is 0. The molecule has 0 aliphatic rings. The molecule has 0 saturated carbocycles. The molecular weight excluding hydrogens is 342 g/mol. The zero-order chi connectivity index (χ0) is 18.0. The maximum atomic E-state index is 12.4. The molecule has 0 unspecified atom stereocenters. The van der Waals surface area contributed by atoms with Crippen molar-refractivity contribution in [2.24, 2.45) is 0 Å². The smallest absolute Gasteiger partial charge is 0.329 e. The predicted molar refractivity (Wildman–Crippen MR) is 68.7 cm³/mol. The number of Topliss-reactive ketones (excluding diaryl/α,β-unsaturated/α-hetero) is 1. The number of nitrogens with zero attached hydrogens (tertiary/aromatic N) is 2. The van der Waals surface area contributed by atoms with Crippen molar-refractivity contribution in [2.75, 3.05) is 0 Å². The van der Waals surface area contributed by atoms with Gasteiger partial charge in [-0.3, -0.25) is 4.79 Å². The Morgan fingerprint density at radius 1 is 1.04 bits per heavy atom. The number of hydrogen-bond donors (Lipinski definition) is 0. The van der Waals surface area contributed by atoms with Crippen molar-refractivity contribution >= 4 is 5.78 Å². The minimum Gasteiger partial charge on any atom is -0.329 e. The van der Waals surface area contributed by atoms with E-state index in [4.69, 9.17) is 0 Å². The van der Waals surface area contributed by atoms with E-state index in [2.05, 4.69) is 14.7 Å². The molecule has 0 bridgehead atoms. The SMILES string of the molecule is O=C(CCC(F)(F)F)Cc1ccc(-c2noc(C(F)(F)F)n2)cc1. The summed E-state index contributed by atoms with van der Waals surface area (Å²) in [7, 11) is 0. The van der Waals surface area contributed by atoms with Crippen LogP contribution in [0, 0.1) is 0 Å². The Kier molecular flexibility index (Phi) is 4.95. The topological polar surface area (TPSA) is 56.0 Å². The summed E-state index contributed by atoms with van der Waals surface area (Å²) in [6.07, 6.45) is -11.2. The van der Waals surface area contributed by atoms with Gasteiger partial charge in [0.05, 0.1) is 6.42 Å². The summed E-state index contributed by atoms with van der Waals surface area (Å²) in [6.45, 7) is 0. The Hall–Kier alpha value is -2.39. The zero-order valence-corrected chi connectivity index (χ0v) is 11.9. The van der Waals surface area contributed by atoms with Crippen molar-refractivity contribution in [1.29, 1.82) is 0 Å². The molecule has 24 heavy (non-hydrogen) atoms. The number of carbonyl (C=O) groups is 1. The minimum atomic E-state index is -4.75. The van der Waals surface area contributed by atoms with E-state index >= 15 is 0 Å². The van der Waals surface area contributed by atoms with Gasteiger partial charge in [-0.2, -0.15) is 31.3 Å². The fourth-order valence-corrected chi connectivity index (χ4v) is 1.82. The van der Waals surface area contributed by atoms with Gasteiger partial charge in [-0.15, -0.1) is 0 Å². The van der Waals surface area contributed by atoms with E-state index in [-0.39, 0.29) is 17.8 Å². The number of ketones is 1. The Balaban J connectivity index is 2.00. The number of hydrogen-bond acceptors (Lipinski definition) is 4. The van der Waals surface area contributed by atoms with Gasteiger partial charge in [0.1, 0.15) is 5.78 Å². The molecule has 1 aromatic heterocycles. The normalized spacial score (nSPS) is 12.4. The van der Waals surface area contributed by atoms with E-state index in [1.54, 1.807) is 0 Å². The largest absolute Gasteiger partial charge is 0.471 e. The van der Waals surface area contributed by atoms with Crippen LogP contribution in [0.1, 0.15) is 24.3 Å². The minimum absolute atomic E-state index is 0.198. The Morgan fingerprint density at radius 3 is 2.17 bits per heavy atom. The van der Waals surface area contributed by atoms with E-state index < -0.39 is 36.9 Å². The quantitative estimate of drug-likeness (QED) is 0.757. The van der Waals surface area contributed by atoms with Crippen molar-refractivity contribution in [3.8, 4) is 11.4 Å². The summed E-state index contributed by atoms with van der Waals surface area (Å²) in [6, 6.07) is 5.53. The first-order chi connectivity index (χ1) is 11.0. The van der Waals surface area contributed by atoms with Crippen LogP contribution in [0.25, 0.3) is 11.4 Å². The summed E-state index contributed by atoms with van der Waals surface area (Å²) in [4.78, 5) is 14.7. The van der Waals surface area contributed by atoms with Crippen LogP contribution < -0.4 is 0 Å². The fourth-order valence-electron chi connectivity index (χ4n) is 1.82.